The Morgan fingerprint density at radius 2 is 2.12 bits per heavy atom. The molecule has 132 valence electrons. The van der Waals surface area contributed by atoms with Crippen molar-refractivity contribution in [2.45, 2.75) is 19.6 Å². The first-order chi connectivity index (χ1) is 12.0. The molecule has 0 aliphatic heterocycles. The lowest BCUT2D eigenvalue weighted by Crippen LogP contribution is -3.07. The molecule has 0 saturated heterocycles. The molecule has 1 unspecified atom stereocenters. The van der Waals surface area contributed by atoms with E-state index in [0.717, 1.165) is 17.1 Å². The molecule has 1 aromatic carbocycles. The van der Waals surface area contributed by atoms with Gasteiger partial charge >= 0.3 is 0 Å². The Labute approximate surface area is 160 Å². The van der Waals surface area contributed by atoms with Crippen molar-refractivity contribution in [3.05, 3.63) is 67.6 Å². The quantitative estimate of drug-likeness (QED) is 0.647. The molecule has 0 radical (unpaired) electrons. The summed E-state index contributed by atoms with van der Waals surface area (Å²) in [5.41, 5.74) is 0.517. The van der Waals surface area contributed by atoms with E-state index in [4.69, 9.17) is 23.8 Å². The topological polar surface area (TPSA) is 27.2 Å². The van der Waals surface area contributed by atoms with Crippen LogP contribution in [0.5, 0.6) is 0 Å². The maximum atomic E-state index is 14.0. The van der Waals surface area contributed by atoms with Gasteiger partial charge in [-0.25, -0.2) is 4.39 Å². The van der Waals surface area contributed by atoms with Gasteiger partial charge in [-0.3, -0.25) is 0 Å². The molecule has 0 spiro atoms. The summed E-state index contributed by atoms with van der Waals surface area (Å²) < 4.78 is 18.3. The molecule has 0 aliphatic carbocycles. The Morgan fingerprint density at radius 1 is 1.32 bits per heavy atom. The zero-order chi connectivity index (χ0) is 18.0. The smallest absolute Gasteiger partial charge is 0.202 e. The third-order valence-corrected chi connectivity index (χ3v) is 5.72. The van der Waals surface area contributed by atoms with Crippen LogP contribution in [0.25, 0.3) is 0 Å². The van der Waals surface area contributed by atoms with E-state index in [-0.39, 0.29) is 5.82 Å². The minimum atomic E-state index is -0.283. The lowest BCUT2D eigenvalue weighted by atomic mass is 10.2. The van der Waals surface area contributed by atoms with E-state index in [9.17, 15) is 4.39 Å². The van der Waals surface area contributed by atoms with Crippen molar-refractivity contribution in [3.63, 3.8) is 0 Å². The molecule has 0 aliphatic rings. The number of thiophene rings is 1. The summed E-state index contributed by atoms with van der Waals surface area (Å²) in [7, 11) is 3.90. The van der Waals surface area contributed by atoms with E-state index >= 15 is 0 Å². The third-order valence-electron chi connectivity index (χ3n) is 4.00. The van der Waals surface area contributed by atoms with Crippen molar-refractivity contribution in [3.8, 4) is 0 Å². The first kappa shape index (κ1) is 18.3. The fourth-order valence-corrected chi connectivity index (χ4v) is 3.82. The molecule has 1 N–H and O–H groups in total. The highest BCUT2D eigenvalue weighted by molar-refractivity contribution is 7.71. The highest BCUT2D eigenvalue weighted by atomic mass is 35.5. The Bertz CT molecular complexity index is 897. The Hall–Kier alpha value is -1.54. The lowest BCUT2D eigenvalue weighted by molar-refractivity contribution is -0.917. The molecule has 2 aromatic heterocycles. The van der Waals surface area contributed by atoms with Crippen LogP contribution in [0, 0.1) is 10.6 Å². The molecular weight excluding hydrogens is 379 g/mol. The molecule has 25 heavy (non-hydrogen) atoms. The second kappa shape index (κ2) is 7.78. The average Bonchev–Trinajstić information content (AvgIpc) is 3.16. The second-order valence-electron chi connectivity index (χ2n) is 6.01. The lowest BCUT2D eigenvalue weighted by Gasteiger charge is -2.15. The summed E-state index contributed by atoms with van der Waals surface area (Å²) in [4.78, 5) is 2.29. The van der Waals surface area contributed by atoms with Gasteiger partial charge < -0.3 is 9.47 Å². The van der Waals surface area contributed by atoms with Crippen LogP contribution in [-0.2, 0) is 26.7 Å². The van der Waals surface area contributed by atoms with Crippen molar-refractivity contribution in [2.24, 2.45) is 7.05 Å². The number of hydrogen-bond acceptors (Lipinski definition) is 3. The first-order valence-electron chi connectivity index (χ1n) is 7.85. The molecule has 0 saturated carbocycles. The van der Waals surface area contributed by atoms with Crippen LogP contribution in [0.1, 0.15) is 16.3 Å². The van der Waals surface area contributed by atoms with Gasteiger partial charge in [0.05, 0.1) is 17.6 Å². The molecule has 8 heteroatoms. The number of aromatic nitrogens is 3. The Morgan fingerprint density at radius 3 is 2.80 bits per heavy atom. The van der Waals surface area contributed by atoms with Gasteiger partial charge in [-0.1, -0.05) is 23.7 Å². The van der Waals surface area contributed by atoms with E-state index in [2.05, 4.69) is 16.5 Å². The summed E-state index contributed by atoms with van der Waals surface area (Å²) in [6.45, 7) is 1.01. The van der Waals surface area contributed by atoms with Crippen LogP contribution in [0.4, 0.5) is 4.39 Å². The van der Waals surface area contributed by atoms with Crippen molar-refractivity contribution < 1.29 is 9.29 Å². The summed E-state index contributed by atoms with van der Waals surface area (Å²) in [6.07, 6.45) is 0.753. The first-order valence-corrected chi connectivity index (χ1v) is 9.51. The number of hydrogen-bond donors (Lipinski definition) is 1. The molecule has 3 aromatic rings. The third kappa shape index (κ3) is 4.17. The molecule has 0 fully saturated rings. The van der Waals surface area contributed by atoms with Crippen LogP contribution < -0.4 is 4.90 Å². The van der Waals surface area contributed by atoms with Gasteiger partial charge in [-0.2, -0.15) is 9.78 Å². The normalized spacial score (nSPS) is 12.5. The molecule has 3 rings (SSSR count). The van der Waals surface area contributed by atoms with Crippen LogP contribution in [0.15, 0.2) is 35.7 Å². The second-order valence-corrected chi connectivity index (χ2v) is 7.81. The average molecular weight is 398 g/mol. The summed E-state index contributed by atoms with van der Waals surface area (Å²) in [5.74, 6) is 0.638. The van der Waals surface area contributed by atoms with Gasteiger partial charge in [0.2, 0.25) is 4.77 Å². The summed E-state index contributed by atoms with van der Waals surface area (Å²) in [5, 5.41) is 7.14. The van der Waals surface area contributed by atoms with E-state index in [1.807, 2.05) is 24.7 Å². The number of nitrogens with zero attached hydrogens (tertiary/aromatic N) is 3. The van der Waals surface area contributed by atoms with Crippen molar-refractivity contribution in [1.82, 2.24) is 14.3 Å². The monoisotopic (exact) mass is 397 g/mol. The van der Waals surface area contributed by atoms with E-state index in [1.54, 1.807) is 28.2 Å². The number of nitrogens with one attached hydrogen (secondary N) is 1. The highest BCUT2D eigenvalue weighted by Crippen LogP contribution is 2.17. The van der Waals surface area contributed by atoms with Gasteiger partial charge in [0, 0.05) is 18.3 Å². The number of quaternary nitrogens is 1. The van der Waals surface area contributed by atoms with Crippen LogP contribution in [-0.4, -0.2) is 21.4 Å². The molecule has 2 heterocycles. The highest BCUT2D eigenvalue weighted by Gasteiger charge is 2.15. The molecular formula is C17H19ClFN4S2+. The van der Waals surface area contributed by atoms with Crippen LogP contribution in [0.2, 0.25) is 5.02 Å². The van der Waals surface area contributed by atoms with Crippen molar-refractivity contribution in [1.29, 1.82) is 0 Å². The SMILES string of the molecule is Cn1c(Cc2cccs2)nn(C[NH+](C)Cc2c(F)cccc2Cl)c1=S. The van der Waals surface area contributed by atoms with Gasteiger partial charge in [0.15, 0.2) is 6.67 Å². The van der Waals surface area contributed by atoms with Crippen LogP contribution in [0.3, 0.4) is 0 Å². The Kier molecular flexibility index (Phi) is 5.68. The molecule has 1 atom stereocenters. The number of benzene rings is 1. The molecule has 0 bridgehead atoms. The van der Waals surface area contributed by atoms with E-state index in [1.165, 1.54) is 10.9 Å². The molecule has 4 nitrogen and oxygen atoms in total. The van der Waals surface area contributed by atoms with Gasteiger partial charge in [-0.05, 0) is 35.8 Å². The predicted octanol–water partition coefficient (Wildman–Crippen LogP) is 3.07. The van der Waals surface area contributed by atoms with Crippen molar-refractivity contribution >= 4 is 35.2 Å². The van der Waals surface area contributed by atoms with Crippen molar-refractivity contribution in [2.75, 3.05) is 7.05 Å². The number of halogens is 2. The Balaban J connectivity index is 1.75. The zero-order valence-electron chi connectivity index (χ0n) is 14.0. The van der Waals surface area contributed by atoms with Gasteiger partial charge in [-0.15, -0.1) is 11.3 Å². The maximum Gasteiger partial charge on any atom is 0.202 e. The fraction of sp³-hybridized carbons (Fsp3) is 0.294. The van der Waals surface area contributed by atoms with E-state index in [0.29, 0.717) is 28.6 Å². The summed E-state index contributed by atoms with van der Waals surface area (Å²) in [6, 6.07) is 8.87. The predicted molar refractivity (Wildman–Crippen MR) is 101 cm³/mol. The van der Waals surface area contributed by atoms with Crippen LogP contribution >= 0.6 is 35.2 Å². The number of rotatable bonds is 6. The minimum absolute atomic E-state index is 0.283. The minimum Gasteiger partial charge on any atom is -0.315 e. The molecule has 0 amide bonds. The fourth-order valence-electron chi connectivity index (χ4n) is 2.67. The van der Waals surface area contributed by atoms with Gasteiger partial charge in [0.25, 0.3) is 0 Å². The largest absolute Gasteiger partial charge is 0.315 e. The summed E-state index contributed by atoms with van der Waals surface area (Å²) >= 11 is 13.3. The van der Waals surface area contributed by atoms with Gasteiger partial charge in [0.1, 0.15) is 18.2 Å². The standard InChI is InChI=1S/C17H18ClFN4S2/c1-21(10-13-14(18)6-3-7-15(13)19)11-23-17(24)22(2)16(20-23)9-12-5-4-8-25-12/h3-8H,9-11H2,1-2H3/p+1. The van der Waals surface area contributed by atoms with E-state index < -0.39 is 0 Å². The maximum absolute atomic E-state index is 14.0. The zero-order valence-corrected chi connectivity index (χ0v) is 16.4.